The van der Waals surface area contributed by atoms with Crippen LogP contribution in [0.2, 0.25) is 0 Å². The Morgan fingerprint density at radius 2 is 1.92 bits per heavy atom. The molecule has 0 spiro atoms. The molecule has 1 atom stereocenters. The molecular formula is C28H25N5O5. The SMILES string of the molecule is COc1ccc2c(c1)C(=O)N(C[C@@]1(c3ccc(-c4ncccc4C(=O)NC4CC4)cc3)NC(=O)NC1=O)C2. The summed E-state index contributed by atoms with van der Waals surface area (Å²) >= 11 is 0. The van der Waals surface area contributed by atoms with Gasteiger partial charge in [0.25, 0.3) is 17.7 Å². The van der Waals surface area contributed by atoms with Crippen LogP contribution in [-0.2, 0) is 16.9 Å². The molecule has 10 heteroatoms. The van der Waals surface area contributed by atoms with Gasteiger partial charge in [0, 0.05) is 29.9 Å². The van der Waals surface area contributed by atoms with Gasteiger partial charge in [-0.15, -0.1) is 0 Å². The maximum atomic E-state index is 13.2. The molecule has 1 saturated carbocycles. The molecular weight excluding hydrogens is 486 g/mol. The Morgan fingerprint density at radius 3 is 2.61 bits per heavy atom. The van der Waals surface area contributed by atoms with E-state index in [1.165, 1.54) is 7.11 Å². The predicted molar refractivity (Wildman–Crippen MR) is 136 cm³/mol. The van der Waals surface area contributed by atoms with E-state index in [9.17, 15) is 19.2 Å². The average molecular weight is 512 g/mol. The Hall–Kier alpha value is -4.73. The Bertz CT molecular complexity index is 1480. The van der Waals surface area contributed by atoms with Crippen molar-refractivity contribution in [1.29, 1.82) is 0 Å². The summed E-state index contributed by atoms with van der Waals surface area (Å²) in [6, 6.07) is 15.3. The van der Waals surface area contributed by atoms with Crippen molar-refractivity contribution in [3.8, 4) is 17.0 Å². The number of rotatable bonds is 7. The molecule has 6 rings (SSSR count). The highest BCUT2D eigenvalue weighted by molar-refractivity contribution is 6.08. The summed E-state index contributed by atoms with van der Waals surface area (Å²) in [6.07, 6.45) is 3.57. The van der Waals surface area contributed by atoms with Crippen molar-refractivity contribution >= 4 is 23.8 Å². The number of nitrogens with zero attached hydrogens (tertiary/aromatic N) is 2. The van der Waals surface area contributed by atoms with E-state index in [0.29, 0.717) is 40.2 Å². The summed E-state index contributed by atoms with van der Waals surface area (Å²) in [6.45, 7) is 0.243. The van der Waals surface area contributed by atoms with Crippen molar-refractivity contribution in [3.63, 3.8) is 0 Å². The third-order valence-corrected chi connectivity index (χ3v) is 7.18. The maximum Gasteiger partial charge on any atom is 0.322 e. The van der Waals surface area contributed by atoms with Crippen molar-refractivity contribution in [3.05, 3.63) is 83.0 Å². The third-order valence-electron chi connectivity index (χ3n) is 7.18. The second-order valence-electron chi connectivity index (χ2n) is 9.72. The molecule has 1 saturated heterocycles. The van der Waals surface area contributed by atoms with Crippen molar-refractivity contribution < 1.29 is 23.9 Å². The summed E-state index contributed by atoms with van der Waals surface area (Å²) in [4.78, 5) is 57.4. The van der Waals surface area contributed by atoms with Gasteiger partial charge in [0.1, 0.15) is 5.75 Å². The number of urea groups is 1. The zero-order valence-electron chi connectivity index (χ0n) is 20.6. The van der Waals surface area contributed by atoms with Gasteiger partial charge >= 0.3 is 6.03 Å². The minimum atomic E-state index is -1.48. The fourth-order valence-electron chi connectivity index (χ4n) is 5.00. The molecule has 3 aromatic rings. The molecule has 0 unspecified atom stereocenters. The first-order valence-corrected chi connectivity index (χ1v) is 12.3. The Balaban J connectivity index is 1.31. The van der Waals surface area contributed by atoms with Crippen molar-refractivity contribution in [2.75, 3.05) is 13.7 Å². The molecule has 2 fully saturated rings. The van der Waals surface area contributed by atoms with Crippen LogP contribution in [0.3, 0.4) is 0 Å². The van der Waals surface area contributed by atoms with Gasteiger partial charge in [0.05, 0.1) is 24.9 Å². The summed E-state index contributed by atoms with van der Waals surface area (Å²) < 4.78 is 5.25. The summed E-state index contributed by atoms with van der Waals surface area (Å²) in [7, 11) is 1.53. The van der Waals surface area contributed by atoms with Crippen LogP contribution in [0, 0.1) is 0 Å². The normalized spacial score (nSPS) is 20.1. The summed E-state index contributed by atoms with van der Waals surface area (Å²) in [5.41, 5.74) is 2.02. The minimum Gasteiger partial charge on any atom is -0.497 e. The first-order valence-electron chi connectivity index (χ1n) is 12.3. The van der Waals surface area contributed by atoms with Crippen LogP contribution < -0.4 is 20.7 Å². The van der Waals surface area contributed by atoms with E-state index in [4.69, 9.17) is 4.74 Å². The summed E-state index contributed by atoms with van der Waals surface area (Å²) in [5, 5.41) is 8.05. The molecule has 10 nitrogen and oxygen atoms in total. The molecule has 3 N–H and O–H groups in total. The molecule has 0 bridgehead atoms. The minimum absolute atomic E-state index is 0.0572. The number of methoxy groups -OCH3 is 1. The van der Waals surface area contributed by atoms with Gasteiger partial charge in [0.2, 0.25) is 0 Å². The Morgan fingerprint density at radius 1 is 1.13 bits per heavy atom. The highest BCUT2D eigenvalue weighted by Crippen LogP contribution is 2.34. The molecule has 3 aliphatic rings. The van der Waals surface area contributed by atoms with E-state index in [1.54, 1.807) is 59.6 Å². The standard InChI is InChI=1S/C28H25N5O5/c1-38-20-11-6-17-14-33(25(35)22(17)13-20)15-28(26(36)31-27(37)32-28)18-7-4-16(5-8-18)23-21(3-2-12-29-23)24(34)30-19-9-10-19/h2-8,11-13,19H,9-10,14-15H2,1H3,(H,30,34)(H2,31,32,36,37)/t28-/m0/s1. The average Bonchev–Trinajstić information content (AvgIpc) is 3.63. The van der Waals surface area contributed by atoms with Gasteiger partial charge in [-0.05, 0) is 48.2 Å². The maximum absolute atomic E-state index is 13.2. The quantitative estimate of drug-likeness (QED) is 0.418. The first kappa shape index (κ1) is 23.7. The second kappa shape index (κ2) is 8.98. The monoisotopic (exact) mass is 511 g/mol. The van der Waals surface area contributed by atoms with Gasteiger partial charge in [-0.3, -0.25) is 24.7 Å². The number of nitrogens with one attached hydrogen (secondary N) is 3. The van der Waals surface area contributed by atoms with E-state index >= 15 is 0 Å². The lowest BCUT2D eigenvalue weighted by Crippen LogP contribution is -2.52. The van der Waals surface area contributed by atoms with Crippen molar-refractivity contribution in [2.45, 2.75) is 31.0 Å². The van der Waals surface area contributed by atoms with E-state index in [0.717, 1.165) is 18.4 Å². The van der Waals surface area contributed by atoms with E-state index in [-0.39, 0.29) is 24.4 Å². The highest BCUT2D eigenvalue weighted by Gasteiger charge is 2.50. The van der Waals surface area contributed by atoms with Crippen molar-refractivity contribution in [1.82, 2.24) is 25.8 Å². The Labute approximate surface area is 218 Å². The van der Waals surface area contributed by atoms with Gasteiger partial charge in [0.15, 0.2) is 5.54 Å². The first-order chi connectivity index (χ1) is 18.4. The predicted octanol–water partition coefficient (Wildman–Crippen LogP) is 2.34. The number of carbonyl (C=O) groups is 4. The smallest absolute Gasteiger partial charge is 0.322 e. The molecule has 3 heterocycles. The molecule has 1 aliphatic carbocycles. The lowest BCUT2D eigenvalue weighted by molar-refractivity contribution is -0.124. The van der Waals surface area contributed by atoms with Crippen LogP contribution in [0.25, 0.3) is 11.3 Å². The number of ether oxygens (including phenoxy) is 1. The van der Waals surface area contributed by atoms with Crippen LogP contribution in [-0.4, -0.2) is 53.3 Å². The van der Waals surface area contributed by atoms with Crippen LogP contribution in [0.5, 0.6) is 5.75 Å². The van der Waals surface area contributed by atoms with Gasteiger partial charge in [-0.1, -0.05) is 30.3 Å². The zero-order valence-corrected chi connectivity index (χ0v) is 20.6. The fraction of sp³-hybridized carbons (Fsp3) is 0.250. The van der Waals surface area contributed by atoms with Gasteiger partial charge < -0.3 is 20.3 Å². The Kier molecular flexibility index (Phi) is 5.59. The van der Waals surface area contributed by atoms with E-state index < -0.39 is 17.5 Å². The number of imide groups is 1. The molecule has 1 aromatic heterocycles. The van der Waals surface area contributed by atoms with Crippen LogP contribution in [0.1, 0.15) is 44.7 Å². The van der Waals surface area contributed by atoms with Crippen LogP contribution in [0.15, 0.2) is 60.8 Å². The van der Waals surface area contributed by atoms with Crippen LogP contribution in [0.4, 0.5) is 4.79 Å². The zero-order chi connectivity index (χ0) is 26.4. The van der Waals surface area contributed by atoms with E-state index in [1.807, 2.05) is 6.07 Å². The number of hydrogen-bond donors (Lipinski definition) is 3. The molecule has 2 aliphatic heterocycles. The number of benzene rings is 2. The second-order valence-corrected chi connectivity index (χ2v) is 9.72. The third kappa shape index (κ3) is 4.03. The van der Waals surface area contributed by atoms with Crippen LogP contribution >= 0.6 is 0 Å². The highest BCUT2D eigenvalue weighted by atomic mass is 16.5. The van der Waals surface area contributed by atoms with E-state index in [2.05, 4.69) is 20.9 Å². The molecule has 5 amide bonds. The lowest BCUT2D eigenvalue weighted by atomic mass is 9.88. The molecule has 0 radical (unpaired) electrons. The lowest BCUT2D eigenvalue weighted by Gasteiger charge is -2.31. The number of pyridine rings is 1. The molecule has 2 aromatic carbocycles. The molecule has 38 heavy (non-hydrogen) atoms. The van der Waals surface area contributed by atoms with Crippen molar-refractivity contribution in [2.24, 2.45) is 0 Å². The number of carbonyl (C=O) groups excluding carboxylic acids is 4. The topological polar surface area (TPSA) is 130 Å². The largest absolute Gasteiger partial charge is 0.497 e. The number of fused-ring (bicyclic) bond motifs is 1. The van der Waals surface area contributed by atoms with Gasteiger partial charge in [-0.2, -0.15) is 0 Å². The number of aromatic nitrogens is 1. The summed E-state index contributed by atoms with van der Waals surface area (Å²) in [5.74, 6) is -0.402. The number of hydrogen-bond acceptors (Lipinski definition) is 6. The molecule has 192 valence electrons. The fourth-order valence-corrected chi connectivity index (χ4v) is 5.00. The number of amides is 5. The van der Waals surface area contributed by atoms with Gasteiger partial charge in [-0.25, -0.2) is 4.79 Å².